The number of rotatable bonds is 6. The number of urea groups is 1. The number of amides is 2. The third-order valence-corrected chi connectivity index (χ3v) is 2.26. The van der Waals surface area contributed by atoms with Crippen molar-refractivity contribution in [3.05, 3.63) is 34.1 Å². The Morgan fingerprint density at radius 3 is 2.65 bits per heavy atom. The Hall–Kier alpha value is -2.71. The first-order chi connectivity index (χ1) is 9.40. The SMILES string of the molecule is O=C(O)CCCNC(=O)Nc1ccc([N+](=O)[O-])cc1F. The largest absolute Gasteiger partial charge is 0.481 e. The topological polar surface area (TPSA) is 122 Å². The number of carboxylic acid groups (broad SMARTS) is 1. The zero-order valence-corrected chi connectivity index (χ0v) is 10.3. The minimum Gasteiger partial charge on any atom is -0.481 e. The number of nitrogens with zero attached hydrogens (tertiary/aromatic N) is 1. The summed E-state index contributed by atoms with van der Waals surface area (Å²) >= 11 is 0. The van der Waals surface area contributed by atoms with Crippen LogP contribution in [0, 0.1) is 15.9 Å². The lowest BCUT2D eigenvalue weighted by atomic mass is 10.2. The highest BCUT2D eigenvalue weighted by Gasteiger charge is 2.12. The molecule has 20 heavy (non-hydrogen) atoms. The van der Waals surface area contributed by atoms with Gasteiger partial charge in [0.15, 0.2) is 5.82 Å². The Labute approximate surface area is 112 Å². The van der Waals surface area contributed by atoms with Gasteiger partial charge in [-0.05, 0) is 12.5 Å². The first-order valence-corrected chi connectivity index (χ1v) is 5.60. The second-order valence-electron chi connectivity index (χ2n) is 3.80. The van der Waals surface area contributed by atoms with Gasteiger partial charge in [-0.1, -0.05) is 0 Å². The Balaban J connectivity index is 2.50. The summed E-state index contributed by atoms with van der Waals surface area (Å²) in [5.41, 5.74) is -0.624. The highest BCUT2D eigenvalue weighted by atomic mass is 19.1. The van der Waals surface area contributed by atoms with Crippen LogP contribution in [0.15, 0.2) is 18.2 Å². The van der Waals surface area contributed by atoms with Crippen LogP contribution in [0.25, 0.3) is 0 Å². The number of non-ortho nitro benzene ring substituents is 1. The lowest BCUT2D eigenvalue weighted by molar-refractivity contribution is -0.385. The van der Waals surface area contributed by atoms with E-state index in [1.807, 2.05) is 0 Å². The molecule has 1 aromatic rings. The van der Waals surface area contributed by atoms with Gasteiger partial charge in [-0.25, -0.2) is 9.18 Å². The number of aliphatic carboxylic acids is 1. The van der Waals surface area contributed by atoms with Crippen LogP contribution in [0.1, 0.15) is 12.8 Å². The number of hydrogen-bond acceptors (Lipinski definition) is 4. The first-order valence-electron chi connectivity index (χ1n) is 5.60. The van der Waals surface area contributed by atoms with Crippen molar-refractivity contribution in [1.29, 1.82) is 0 Å². The lowest BCUT2D eigenvalue weighted by Crippen LogP contribution is -2.30. The average Bonchev–Trinajstić information content (AvgIpc) is 2.36. The highest BCUT2D eigenvalue weighted by molar-refractivity contribution is 5.89. The maximum absolute atomic E-state index is 13.4. The van der Waals surface area contributed by atoms with Crippen molar-refractivity contribution in [2.24, 2.45) is 0 Å². The quantitative estimate of drug-likeness (QED) is 0.417. The van der Waals surface area contributed by atoms with Crippen LogP contribution < -0.4 is 10.6 Å². The molecule has 1 rings (SSSR count). The zero-order valence-electron chi connectivity index (χ0n) is 10.3. The van der Waals surface area contributed by atoms with Gasteiger partial charge in [0, 0.05) is 19.0 Å². The summed E-state index contributed by atoms with van der Waals surface area (Å²) in [6.07, 6.45) is 0.150. The van der Waals surface area contributed by atoms with Gasteiger partial charge < -0.3 is 15.7 Å². The van der Waals surface area contributed by atoms with E-state index in [1.54, 1.807) is 0 Å². The fourth-order valence-electron chi connectivity index (χ4n) is 1.33. The molecule has 0 bridgehead atoms. The molecular formula is C11H12FN3O5. The second-order valence-corrected chi connectivity index (χ2v) is 3.80. The predicted molar refractivity (Wildman–Crippen MR) is 66.9 cm³/mol. The molecule has 0 aliphatic carbocycles. The fourth-order valence-corrected chi connectivity index (χ4v) is 1.33. The van der Waals surface area contributed by atoms with Gasteiger partial charge in [0.25, 0.3) is 5.69 Å². The molecule has 8 nitrogen and oxygen atoms in total. The van der Waals surface area contributed by atoms with Crippen molar-refractivity contribution in [2.45, 2.75) is 12.8 Å². The van der Waals surface area contributed by atoms with Gasteiger partial charge in [-0.2, -0.15) is 0 Å². The Morgan fingerprint density at radius 2 is 2.10 bits per heavy atom. The minimum absolute atomic E-state index is 0.0911. The van der Waals surface area contributed by atoms with E-state index in [0.717, 1.165) is 12.1 Å². The van der Waals surface area contributed by atoms with Gasteiger partial charge in [-0.15, -0.1) is 0 Å². The third kappa shape index (κ3) is 4.88. The van der Waals surface area contributed by atoms with Gasteiger partial charge >= 0.3 is 12.0 Å². The Morgan fingerprint density at radius 1 is 1.40 bits per heavy atom. The van der Waals surface area contributed by atoms with Gasteiger partial charge in [0.05, 0.1) is 16.7 Å². The van der Waals surface area contributed by atoms with Crippen molar-refractivity contribution in [3.63, 3.8) is 0 Å². The number of hydrogen-bond donors (Lipinski definition) is 3. The summed E-state index contributed by atoms with van der Waals surface area (Å²) in [6.45, 7) is 0.118. The molecule has 2 amide bonds. The molecule has 0 saturated carbocycles. The van der Waals surface area contributed by atoms with Crippen LogP contribution in [0.4, 0.5) is 20.6 Å². The molecular weight excluding hydrogens is 273 g/mol. The number of nitro benzene ring substituents is 1. The van der Waals surface area contributed by atoms with Gasteiger partial charge in [-0.3, -0.25) is 14.9 Å². The van der Waals surface area contributed by atoms with Crippen LogP contribution in [-0.2, 0) is 4.79 Å². The summed E-state index contributed by atoms with van der Waals surface area (Å²) in [7, 11) is 0. The molecule has 0 fully saturated rings. The molecule has 0 spiro atoms. The van der Waals surface area contributed by atoms with Crippen LogP contribution >= 0.6 is 0 Å². The normalized spacial score (nSPS) is 9.85. The van der Waals surface area contributed by atoms with E-state index in [0.29, 0.717) is 6.07 Å². The molecule has 1 aromatic carbocycles. The maximum atomic E-state index is 13.4. The van der Waals surface area contributed by atoms with Crippen molar-refractivity contribution in [1.82, 2.24) is 5.32 Å². The standard InChI is InChI=1S/C11H12FN3O5/c12-8-6-7(15(19)20)3-4-9(8)14-11(18)13-5-1-2-10(16)17/h3-4,6H,1-2,5H2,(H,16,17)(H2,13,14,18). The molecule has 0 heterocycles. The molecule has 0 radical (unpaired) electrons. The molecule has 3 N–H and O–H groups in total. The van der Waals surface area contributed by atoms with E-state index in [9.17, 15) is 24.1 Å². The van der Waals surface area contributed by atoms with E-state index in [2.05, 4.69) is 10.6 Å². The van der Waals surface area contributed by atoms with Crippen molar-refractivity contribution in [2.75, 3.05) is 11.9 Å². The van der Waals surface area contributed by atoms with E-state index < -0.39 is 28.4 Å². The molecule has 0 aliphatic rings. The number of carbonyl (C=O) groups excluding carboxylic acids is 1. The van der Waals surface area contributed by atoms with E-state index in [1.165, 1.54) is 0 Å². The van der Waals surface area contributed by atoms with E-state index in [-0.39, 0.29) is 25.1 Å². The number of carboxylic acids is 1. The van der Waals surface area contributed by atoms with Crippen LogP contribution in [0.3, 0.4) is 0 Å². The van der Waals surface area contributed by atoms with Crippen molar-refractivity contribution >= 4 is 23.4 Å². The molecule has 108 valence electrons. The molecule has 0 aliphatic heterocycles. The molecule has 0 unspecified atom stereocenters. The fraction of sp³-hybridized carbons (Fsp3) is 0.273. The van der Waals surface area contributed by atoms with E-state index in [4.69, 9.17) is 5.11 Å². The second kappa shape index (κ2) is 7.02. The maximum Gasteiger partial charge on any atom is 0.319 e. The number of nitro groups is 1. The van der Waals surface area contributed by atoms with Gasteiger partial charge in [0.2, 0.25) is 0 Å². The molecule has 0 saturated heterocycles. The number of nitrogens with one attached hydrogen (secondary N) is 2. The number of anilines is 1. The number of halogens is 1. The summed E-state index contributed by atoms with van der Waals surface area (Å²) < 4.78 is 13.4. The highest BCUT2D eigenvalue weighted by Crippen LogP contribution is 2.20. The minimum atomic E-state index is -0.978. The van der Waals surface area contributed by atoms with Crippen LogP contribution in [0.2, 0.25) is 0 Å². The summed E-state index contributed by atoms with van der Waals surface area (Å²) in [5, 5.41) is 23.3. The first kappa shape index (κ1) is 15.3. The number of benzene rings is 1. The Kier molecular flexibility index (Phi) is 5.39. The summed E-state index contributed by atoms with van der Waals surface area (Å²) in [6, 6.07) is 2.11. The zero-order chi connectivity index (χ0) is 15.1. The van der Waals surface area contributed by atoms with Gasteiger partial charge in [0.1, 0.15) is 0 Å². The number of carbonyl (C=O) groups is 2. The molecule has 0 atom stereocenters. The molecule has 9 heteroatoms. The lowest BCUT2D eigenvalue weighted by Gasteiger charge is -2.07. The van der Waals surface area contributed by atoms with Crippen molar-refractivity contribution < 1.29 is 24.0 Å². The molecule has 0 aromatic heterocycles. The monoisotopic (exact) mass is 285 g/mol. The third-order valence-electron chi connectivity index (χ3n) is 2.26. The summed E-state index contributed by atoms with van der Waals surface area (Å²) in [4.78, 5) is 31.2. The average molecular weight is 285 g/mol. The van der Waals surface area contributed by atoms with Crippen LogP contribution in [0.5, 0.6) is 0 Å². The smallest absolute Gasteiger partial charge is 0.319 e. The van der Waals surface area contributed by atoms with E-state index >= 15 is 0 Å². The predicted octanol–water partition coefficient (Wildman–Crippen LogP) is 1.72. The summed E-state index contributed by atoms with van der Waals surface area (Å²) in [5.74, 6) is -1.91. The van der Waals surface area contributed by atoms with Crippen molar-refractivity contribution in [3.8, 4) is 0 Å². The van der Waals surface area contributed by atoms with Crippen LogP contribution in [-0.4, -0.2) is 28.6 Å². The Bertz CT molecular complexity index is 535.